The number of rotatable bonds is 8. The van der Waals surface area contributed by atoms with Crippen LogP contribution in [0, 0.1) is 0 Å². The Balaban J connectivity index is 2.28. The van der Waals surface area contributed by atoms with Crippen LogP contribution >= 0.6 is 0 Å². The lowest BCUT2D eigenvalue weighted by Crippen LogP contribution is -2.43. The minimum Gasteiger partial charge on any atom is -0.460 e. The Labute approximate surface area is 185 Å². The number of esters is 1. The van der Waals surface area contributed by atoms with E-state index in [2.05, 4.69) is 0 Å². The Hall–Kier alpha value is -3.08. The average molecular weight is 424 g/mol. The number of hydrogen-bond donors (Lipinski definition) is 0. The molecule has 2 rings (SSSR count). The van der Waals surface area contributed by atoms with E-state index in [1.807, 2.05) is 107 Å². The van der Waals surface area contributed by atoms with Crippen LogP contribution in [0.15, 0.2) is 72.8 Å². The Morgan fingerprint density at radius 1 is 1.00 bits per heavy atom. The fraction of sp³-hybridized carbons (Fsp3) is 0.385. The summed E-state index contributed by atoms with van der Waals surface area (Å²) in [7, 11) is 0. The summed E-state index contributed by atoms with van der Waals surface area (Å²) >= 11 is 0. The molecule has 1 amide bonds. The maximum Gasteiger partial charge on any atom is 0.411 e. The van der Waals surface area contributed by atoms with Gasteiger partial charge in [-0.3, -0.25) is 9.69 Å². The lowest BCUT2D eigenvalue weighted by molar-refractivity contribution is -0.155. The standard InChI is InChI=1S/C26H33NO4/c1-6-13-23(18-24(28)31-26(3,4)5)27(20(2)22-16-11-8-12-17-22)25(29)30-19-21-14-9-7-10-15-21/h6-17,20,23H,18-19H2,1-5H3/b13-6+/t20-,23-/m1/s1. The van der Waals surface area contributed by atoms with Crippen molar-refractivity contribution in [2.75, 3.05) is 0 Å². The third kappa shape index (κ3) is 7.93. The molecule has 2 aromatic carbocycles. The minimum atomic E-state index is -0.596. The number of nitrogens with zero attached hydrogens (tertiary/aromatic N) is 1. The van der Waals surface area contributed by atoms with Crippen molar-refractivity contribution in [1.82, 2.24) is 4.90 Å². The fourth-order valence-corrected chi connectivity index (χ4v) is 3.30. The van der Waals surface area contributed by atoms with Crippen LogP contribution in [0.3, 0.4) is 0 Å². The van der Waals surface area contributed by atoms with Crippen molar-refractivity contribution < 1.29 is 19.1 Å². The SMILES string of the molecule is C/C=C/[C@H](CC(=O)OC(C)(C)C)N(C(=O)OCc1ccccc1)[C@H](C)c1ccccc1. The van der Waals surface area contributed by atoms with Gasteiger partial charge in [-0.1, -0.05) is 72.8 Å². The fourth-order valence-electron chi connectivity index (χ4n) is 3.30. The first kappa shape index (κ1) is 24.2. The highest BCUT2D eigenvalue weighted by atomic mass is 16.6. The van der Waals surface area contributed by atoms with Gasteiger partial charge in [-0.25, -0.2) is 4.79 Å². The van der Waals surface area contributed by atoms with E-state index in [1.165, 1.54) is 0 Å². The number of amides is 1. The van der Waals surface area contributed by atoms with Gasteiger partial charge in [0, 0.05) is 0 Å². The molecule has 0 saturated carbocycles. The van der Waals surface area contributed by atoms with E-state index < -0.39 is 17.7 Å². The third-order valence-corrected chi connectivity index (χ3v) is 4.68. The average Bonchev–Trinajstić information content (AvgIpc) is 2.72. The second-order valence-electron chi connectivity index (χ2n) is 8.42. The molecule has 2 aromatic rings. The lowest BCUT2D eigenvalue weighted by atomic mass is 10.0. The predicted molar refractivity (Wildman–Crippen MR) is 122 cm³/mol. The number of carbonyl (C=O) groups is 2. The molecule has 2 atom stereocenters. The van der Waals surface area contributed by atoms with Gasteiger partial charge < -0.3 is 9.47 Å². The Bertz CT molecular complexity index is 856. The molecule has 0 spiro atoms. The molecule has 0 bridgehead atoms. The Morgan fingerprint density at radius 2 is 1.58 bits per heavy atom. The van der Waals surface area contributed by atoms with Crippen LogP contribution in [0.1, 0.15) is 58.2 Å². The summed E-state index contributed by atoms with van der Waals surface area (Å²) in [5, 5.41) is 0. The van der Waals surface area contributed by atoms with E-state index in [1.54, 1.807) is 4.90 Å². The second kappa shape index (κ2) is 11.3. The summed E-state index contributed by atoms with van der Waals surface area (Å²) in [6.07, 6.45) is 3.24. The first-order valence-electron chi connectivity index (χ1n) is 10.6. The molecule has 0 aliphatic carbocycles. The van der Waals surface area contributed by atoms with Crippen molar-refractivity contribution in [2.24, 2.45) is 0 Å². The van der Waals surface area contributed by atoms with Crippen molar-refractivity contribution in [3.05, 3.63) is 83.9 Å². The number of carbonyl (C=O) groups excluding carboxylic acids is 2. The lowest BCUT2D eigenvalue weighted by Gasteiger charge is -2.34. The zero-order valence-corrected chi connectivity index (χ0v) is 19.1. The van der Waals surface area contributed by atoms with Gasteiger partial charge in [-0.05, 0) is 45.7 Å². The smallest absolute Gasteiger partial charge is 0.411 e. The molecular formula is C26H33NO4. The topological polar surface area (TPSA) is 55.8 Å². The van der Waals surface area contributed by atoms with Gasteiger partial charge in [0.05, 0.1) is 18.5 Å². The normalized spacial score (nSPS) is 13.5. The van der Waals surface area contributed by atoms with Gasteiger partial charge in [0.25, 0.3) is 0 Å². The molecule has 0 N–H and O–H groups in total. The molecule has 5 heteroatoms. The molecule has 0 saturated heterocycles. The largest absolute Gasteiger partial charge is 0.460 e. The van der Waals surface area contributed by atoms with Gasteiger partial charge in [-0.15, -0.1) is 0 Å². The highest BCUT2D eigenvalue weighted by Crippen LogP contribution is 2.26. The Kier molecular flexibility index (Phi) is 8.86. The first-order chi connectivity index (χ1) is 14.7. The van der Waals surface area contributed by atoms with Gasteiger partial charge in [-0.2, -0.15) is 0 Å². The van der Waals surface area contributed by atoms with Gasteiger partial charge in [0.15, 0.2) is 0 Å². The van der Waals surface area contributed by atoms with Crippen LogP contribution in [-0.2, 0) is 20.9 Å². The van der Waals surface area contributed by atoms with Gasteiger partial charge >= 0.3 is 12.1 Å². The molecule has 0 heterocycles. The van der Waals surface area contributed by atoms with Crippen LogP contribution in [0.25, 0.3) is 0 Å². The molecule has 0 aromatic heterocycles. The zero-order chi connectivity index (χ0) is 22.9. The molecule has 0 unspecified atom stereocenters. The molecule has 166 valence electrons. The quantitative estimate of drug-likeness (QED) is 0.382. The molecule has 0 fully saturated rings. The van der Waals surface area contributed by atoms with Crippen molar-refractivity contribution in [2.45, 2.75) is 65.3 Å². The second-order valence-corrected chi connectivity index (χ2v) is 8.42. The molecule has 31 heavy (non-hydrogen) atoms. The van der Waals surface area contributed by atoms with Gasteiger partial charge in [0.2, 0.25) is 0 Å². The van der Waals surface area contributed by atoms with E-state index in [4.69, 9.17) is 9.47 Å². The van der Waals surface area contributed by atoms with Crippen molar-refractivity contribution in [3.8, 4) is 0 Å². The number of allylic oxidation sites excluding steroid dienone is 1. The minimum absolute atomic E-state index is 0.0409. The number of ether oxygens (including phenoxy) is 2. The summed E-state index contributed by atoms with van der Waals surface area (Å²) < 4.78 is 11.2. The molecular weight excluding hydrogens is 390 g/mol. The van der Waals surface area contributed by atoms with Crippen molar-refractivity contribution >= 4 is 12.1 Å². The highest BCUT2D eigenvalue weighted by Gasteiger charge is 2.32. The third-order valence-electron chi connectivity index (χ3n) is 4.68. The van der Waals surface area contributed by atoms with E-state index in [0.717, 1.165) is 11.1 Å². The van der Waals surface area contributed by atoms with Gasteiger partial charge in [0.1, 0.15) is 12.2 Å². The number of benzene rings is 2. The van der Waals surface area contributed by atoms with Crippen LogP contribution in [0.4, 0.5) is 4.79 Å². The van der Waals surface area contributed by atoms with Crippen LogP contribution < -0.4 is 0 Å². The highest BCUT2D eigenvalue weighted by molar-refractivity contribution is 5.74. The maximum absolute atomic E-state index is 13.2. The van der Waals surface area contributed by atoms with Crippen molar-refractivity contribution in [1.29, 1.82) is 0 Å². The van der Waals surface area contributed by atoms with E-state index >= 15 is 0 Å². The van der Waals surface area contributed by atoms with Crippen molar-refractivity contribution in [3.63, 3.8) is 0 Å². The molecule has 0 aliphatic rings. The van der Waals surface area contributed by atoms with E-state index in [-0.39, 0.29) is 25.0 Å². The number of hydrogen-bond acceptors (Lipinski definition) is 4. The van der Waals surface area contributed by atoms with Crippen LogP contribution in [0.5, 0.6) is 0 Å². The molecule has 0 radical (unpaired) electrons. The maximum atomic E-state index is 13.2. The van der Waals surface area contributed by atoms with E-state index in [9.17, 15) is 9.59 Å². The summed E-state index contributed by atoms with van der Waals surface area (Å²) in [5.41, 5.74) is 1.26. The molecule has 5 nitrogen and oxygen atoms in total. The monoisotopic (exact) mass is 423 g/mol. The summed E-state index contributed by atoms with van der Waals surface area (Å²) in [6.45, 7) is 9.44. The predicted octanol–water partition coefficient (Wildman–Crippen LogP) is 6.06. The molecule has 0 aliphatic heterocycles. The zero-order valence-electron chi connectivity index (χ0n) is 19.1. The summed E-state index contributed by atoms with van der Waals surface area (Å²) in [4.78, 5) is 27.4. The Morgan fingerprint density at radius 3 is 2.13 bits per heavy atom. The first-order valence-corrected chi connectivity index (χ1v) is 10.6. The summed E-state index contributed by atoms with van der Waals surface area (Å²) in [5.74, 6) is -0.364. The van der Waals surface area contributed by atoms with E-state index in [0.29, 0.717) is 0 Å². The summed E-state index contributed by atoms with van der Waals surface area (Å²) in [6, 6.07) is 18.4. The van der Waals surface area contributed by atoms with Crippen LogP contribution in [0.2, 0.25) is 0 Å². The van der Waals surface area contributed by atoms with Crippen LogP contribution in [-0.4, -0.2) is 28.6 Å².